The van der Waals surface area contributed by atoms with Crippen LogP contribution in [0.15, 0.2) is 42.3 Å². The lowest BCUT2D eigenvalue weighted by atomic mass is 10.2. The predicted octanol–water partition coefficient (Wildman–Crippen LogP) is 4.22. The molecule has 1 aromatic heterocycles. The highest BCUT2D eigenvalue weighted by Gasteiger charge is 2.26. The van der Waals surface area contributed by atoms with E-state index in [2.05, 4.69) is 52.3 Å². The first-order valence-electron chi connectivity index (χ1n) is 9.05. The standard InChI is InChI=1S/C20H24N6/c1-4-8-14(3)23-20-22-12-11-16(25-20)15(13-21)19-24-17-9-6-7-10-18(17)26(19)5-2/h6-7,9-12,14,24H,4-5,8H2,1-3H3,(H,22,23,25)/b19-15+. The fraction of sp³-hybridized carbons (Fsp3) is 0.350. The van der Waals surface area contributed by atoms with Crippen LogP contribution in [-0.4, -0.2) is 22.6 Å². The number of hydrogen-bond acceptors (Lipinski definition) is 6. The van der Waals surface area contributed by atoms with Gasteiger partial charge in [-0.1, -0.05) is 25.5 Å². The van der Waals surface area contributed by atoms with E-state index in [0.717, 1.165) is 36.6 Å². The van der Waals surface area contributed by atoms with E-state index in [1.165, 1.54) is 0 Å². The summed E-state index contributed by atoms with van der Waals surface area (Å²) in [6, 6.07) is 12.4. The monoisotopic (exact) mass is 348 g/mol. The van der Waals surface area contributed by atoms with E-state index in [-0.39, 0.29) is 6.04 Å². The molecule has 1 aromatic carbocycles. The second-order valence-corrected chi connectivity index (χ2v) is 6.32. The third-order valence-corrected chi connectivity index (χ3v) is 4.39. The van der Waals surface area contributed by atoms with Crippen molar-refractivity contribution in [3.05, 3.63) is 48.0 Å². The SMILES string of the molecule is CCCC(C)Nc1nccc(/C(C#N)=C2\Nc3ccccc3N2CC)n1. The third-order valence-electron chi connectivity index (χ3n) is 4.39. The maximum atomic E-state index is 9.83. The van der Waals surface area contributed by atoms with Gasteiger partial charge in [-0.3, -0.25) is 0 Å². The summed E-state index contributed by atoms with van der Waals surface area (Å²) < 4.78 is 0. The van der Waals surface area contributed by atoms with Crippen molar-refractivity contribution in [2.75, 3.05) is 22.1 Å². The van der Waals surface area contributed by atoms with Gasteiger partial charge in [0.1, 0.15) is 17.5 Å². The van der Waals surface area contributed by atoms with Crippen LogP contribution in [0.25, 0.3) is 5.57 Å². The Balaban J connectivity index is 1.97. The molecule has 1 aliphatic heterocycles. The lowest BCUT2D eigenvalue weighted by Gasteiger charge is -2.19. The summed E-state index contributed by atoms with van der Waals surface area (Å²) in [6.45, 7) is 7.08. The Morgan fingerprint density at radius 1 is 1.31 bits per heavy atom. The van der Waals surface area contributed by atoms with Crippen LogP contribution in [0.4, 0.5) is 17.3 Å². The summed E-state index contributed by atoms with van der Waals surface area (Å²) in [6.07, 6.45) is 3.83. The largest absolute Gasteiger partial charge is 0.352 e. The molecule has 0 spiro atoms. The van der Waals surface area contributed by atoms with Crippen LogP contribution >= 0.6 is 0 Å². The number of nitrogens with one attached hydrogen (secondary N) is 2. The van der Waals surface area contributed by atoms with Crippen LogP contribution in [0.2, 0.25) is 0 Å². The molecule has 0 saturated heterocycles. The summed E-state index contributed by atoms with van der Waals surface area (Å²) >= 11 is 0. The maximum absolute atomic E-state index is 9.83. The van der Waals surface area contributed by atoms with Crippen LogP contribution in [0.1, 0.15) is 39.3 Å². The molecular weight excluding hydrogens is 324 g/mol. The van der Waals surface area contributed by atoms with Crippen LogP contribution in [0, 0.1) is 11.3 Å². The first kappa shape index (κ1) is 17.7. The molecule has 0 saturated carbocycles. The minimum Gasteiger partial charge on any atom is -0.352 e. The Bertz CT molecular complexity index is 851. The lowest BCUT2D eigenvalue weighted by Crippen LogP contribution is -2.22. The number of rotatable bonds is 6. The number of benzene rings is 1. The minimum atomic E-state index is 0.287. The molecular formula is C20H24N6. The number of aromatic nitrogens is 2. The first-order valence-corrected chi connectivity index (χ1v) is 9.05. The Morgan fingerprint density at radius 2 is 2.12 bits per heavy atom. The molecule has 0 aliphatic carbocycles. The zero-order valence-electron chi connectivity index (χ0n) is 15.5. The van der Waals surface area contributed by atoms with Crippen molar-refractivity contribution in [1.29, 1.82) is 5.26 Å². The Kier molecular flexibility index (Phi) is 5.37. The molecule has 6 nitrogen and oxygen atoms in total. The van der Waals surface area contributed by atoms with Crippen molar-refractivity contribution in [3.8, 4) is 6.07 Å². The summed E-state index contributed by atoms with van der Waals surface area (Å²) in [5.74, 6) is 1.32. The smallest absolute Gasteiger partial charge is 0.223 e. The first-order chi connectivity index (χ1) is 12.7. The van der Waals surface area contributed by atoms with Gasteiger partial charge in [0.2, 0.25) is 5.95 Å². The molecule has 0 bridgehead atoms. The van der Waals surface area contributed by atoms with Gasteiger partial charge < -0.3 is 15.5 Å². The molecule has 2 N–H and O–H groups in total. The van der Waals surface area contributed by atoms with Crippen molar-refractivity contribution < 1.29 is 0 Å². The van der Waals surface area contributed by atoms with Crippen LogP contribution in [0.5, 0.6) is 0 Å². The number of nitriles is 1. The van der Waals surface area contributed by atoms with Gasteiger partial charge in [0.15, 0.2) is 0 Å². The zero-order chi connectivity index (χ0) is 18.5. The van der Waals surface area contributed by atoms with Gasteiger partial charge >= 0.3 is 0 Å². The highest BCUT2D eigenvalue weighted by atomic mass is 15.3. The molecule has 26 heavy (non-hydrogen) atoms. The quantitative estimate of drug-likeness (QED) is 0.761. The lowest BCUT2D eigenvalue weighted by molar-refractivity contribution is 0.683. The predicted molar refractivity (Wildman–Crippen MR) is 106 cm³/mol. The number of nitrogens with zero attached hydrogens (tertiary/aromatic N) is 4. The van der Waals surface area contributed by atoms with E-state index in [9.17, 15) is 5.26 Å². The normalized spacial score (nSPS) is 15.7. The van der Waals surface area contributed by atoms with E-state index in [1.807, 2.05) is 24.3 Å². The van der Waals surface area contributed by atoms with Crippen LogP contribution in [-0.2, 0) is 0 Å². The average Bonchev–Trinajstić information content (AvgIpc) is 3.01. The number of fused-ring (bicyclic) bond motifs is 1. The molecule has 0 amide bonds. The van der Waals surface area contributed by atoms with Gasteiger partial charge in [0.25, 0.3) is 0 Å². The fourth-order valence-corrected chi connectivity index (χ4v) is 3.18. The summed E-state index contributed by atoms with van der Waals surface area (Å²) in [7, 11) is 0. The highest BCUT2D eigenvalue weighted by molar-refractivity contribution is 5.90. The number of anilines is 3. The van der Waals surface area contributed by atoms with Crippen molar-refractivity contribution in [3.63, 3.8) is 0 Å². The molecule has 6 heteroatoms. The van der Waals surface area contributed by atoms with Crippen LogP contribution < -0.4 is 15.5 Å². The molecule has 1 atom stereocenters. The van der Waals surface area contributed by atoms with Gasteiger partial charge in [-0.05, 0) is 38.5 Å². The maximum Gasteiger partial charge on any atom is 0.223 e. The molecule has 2 heterocycles. The van der Waals surface area contributed by atoms with Gasteiger partial charge in [-0.25, -0.2) is 9.97 Å². The van der Waals surface area contributed by atoms with E-state index < -0.39 is 0 Å². The van der Waals surface area contributed by atoms with Crippen LogP contribution in [0.3, 0.4) is 0 Å². The Labute approximate surface area is 154 Å². The Morgan fingerprint density at radius 3 is 2.85 bits per heavy atom. The second kappa shape index (κ2) is 7.87. The average molecular weight is 348 g/mol. The van der Waals surface area contributed by atoms with Crippen molar-refractivity contribution in [2.45, 2.75) is 39.7 Å². The van der Waals surface area contributed by atoms with E-state index in [4.69, 9.17) is 0 Å². The fourth-order valence-electron chi connectivity index (χ4n) is 3.18. The van der Waals surface area contributed by atoms with E-state index in [0.29, 0.717) is 17.2 Å². The molecule has 1 unspecified atom stereocenters. The third kappa shape index (κ3) is 3.47. The van der Waals surface area contributed by atoms with Crippen molar-refractivity contribution in [1.82, 2.24) is 9.97 Å². The van der Waals surface area contributed by atoms with Gasteiger partial charge in [0.05, 0.1) is 17.1 Å². The molecule has 2 aromatic rings. The summed E-state index contributed by atoms with van der Waals surface area (Å²) in [4.78, 5) is 11.0. The van der Waals surface area contributed by atoms with Crippen molar-refractivity contribution in [2.24, 2.45) is 0 Å². The second-order valence-electron chi connectivity index (χ2n) is 6.32. The summed E-state index contributed by atoms with van der Waals surface area (Å²) in [5.41, 5.74) is 3.20. The van der Waals surface area contributed by atoms with Gasteiger partial charge in [0, 0.05) is 18.8 Å². The summed E-state index contributed by atoms with van der Waals surface area (Å²) in [5, 5.41) is 16.5. The van der Waals surface area contributed by atoms with Gasteiger partial charge in [-0.15, -0.1) is 0 Å². The van der Waals surface area contributed by atoms with Crippen molar-refractivity contribution >= 4 is 22.9 Å². The van der Waals surface area contributed by atoms with Gasteiger partial charge in [-0.2, -0.15) is 5.26 Å². The molecule has 0 fully saturated rings. The number of hydrogen-bond donors (Lipinski definition) is 2. The van der Waals surface area contributed by atoms with E-state index >= 15 is 0 Å². The molecule has 0 radical (unpaired) electrons. The number of para-hydroxylation sites is 2. The zero-order valence-corrected chi connectivity index (χ0v) is 15.5. The molecule has 134 valence electrons. The molecule has 1 aliphatic rings. The number of allylic oxidation sites excluding steroid dienone is 1. The Hall–Kier alpha value is -3.07. The molecule has 3 rings (SSSR count). The highest BCUT2D eigenvalue weighted by Crippen LogP contribution is 2.38. The van der Waals surface area contributed by atoms with E-state index in [1.54, 1.807) is 12.3 Å². The topological polar surface area (TPSA) is 76.9 Å². The minimum absolute atomic E-state index is 0.287.